The first kappa shape index (κ1) is 15.0. The van der Waals surface area contributed by atoms with Crippen LogP contribution in [-0.2, 0) is 9.53 Å². The van der Waals surface area contributed by atoms with Gasteiger partial charge in [0.05, 0.1) is 24.7 Å². The van der Waals surface area contributed by atoms with Crippen molar-refractivity contribution in [3.05, 3.63) is 12.7 Å². The first-order chi connectivity index (χ1) is 10.0. The third kappa shape index (κ3) is 3.16. The van der Waals surface area contributed by atoms with E-state index in [9.17, 15) is 9.90 Å². The average Bonchev–Trinajstić information content (AvgIpc) is 2.41. The molecule has 2 saturated carbocycles. The van der Waals surface area contributed by atoms with E-state index in [0.717, 1.165) is 58.0 Å². The number of amides is 1. The van der Waals surface area contributed by atoms with Gasteiger partial charge < -0.3 is 14.7 Å². The van der Waals surface area contributed by atoms with Gasteiger partial charge in [-0.1, -0.05) is 6.08 Å². The maximum Gasteiger partial charge on any atom is 0.225 e. The lowest BCUT2D eigenvalue weighted by Crippen LogP contribution is -2.52. The van der Waals surface area contributed by atoms with Gasteiger partial charge >= 0.3 is 0 Å². The van der Waals surface area contributed by atoms with Crippen LogP contribution in [0, 0.1) is 5.41 Å². The Morgan fingerprint density at radius 3 is 2.48 bits per heavy atom. The number of rotatable bonds is 5. The summed E-state index contributed by atoms with van der Waals surface area (Å²) in [4.78, 5) is 14.2. The Morgan fingerprint density at radius 2 is 1.95 bits per heavy atom. The molecule has 0 aromatic rings. The fourth-order valence-electron chi connectivity index (χ4n) is 4.02. The van der Waals surface area contributed by atoms with Gasteiger partial charge in [0, 0.05) is 13.1 Å². The summed E-state index contributed by atoms with van der Waals surface area (Å²) in [7, 11) is 0. The summed E-state index contributed by atoms with van der Waals surface area (Å²) in [5, 5.41) is 10.1. The Morgan fingerprint density at radius 1 is 1.29 bits per heavy atom. The molecule has 3 rings (SSSR count). The van der Waals surface area contributed by atoms with Crippen LogP contribution in [0.5, 0.6) is 0 Å². The number of hydrogen-bond acceptors (Lipinski definition) is 3. The first-order valence-corrected chi connectivity index (χ1v) is 8.27. The Labute approximate surface area is 127 Å². The zero-order valence-corrected chi connectivity index (χ0v) is 12.9. The van der Waals surface area contributed by atoms with Crippen LogP contribution in [0.4, 0.5) is 0 Å². The van der Waals surface area contributed by atoms with E-state index < -0.39 is 5.60 Å². The molecule has 0 aromatic heterocycles. The lowest BCUT2D eigenvalue weighted by molar-refractivity contribution is -0.147. The lowest BCUT2D eigenvalue weighted by atomic mass is 9.61. The molecule has 2 aliphatic carbocycles. The molecule has 118 valence electrons. The minimum Gasteiger partial charge on any atom is -0.389 e. The Balaban J connectivity index is 1.41. The van der Waals surface area contributed by atoms with Crippen LogP contribution in [0.1, 0.15) is 51.4 Å². The summed E-state index contributed by atoms with van der Waals surface area (Å²) in [6.07, 6.45) is 9.59. The van der Waals surface area contributed by atoms with E-state index in [0.29, 0.717) is 24.5 Å². The van der Waals surface area contributed by atoms with Gasteiger partial charge in [0.2, 0.25) is 5.91 Å². The number of hydrogen-bond donors (Lipinski definition) is 1. The van der Waals surface area contributed by atoms with E-state index in [1.54, 1.807) is 6.08 Å². The molecular weight excluding hydrogens is 266 g/mol. The second-order valence-electron chi connectivity index (χ2n) is 7.29. The minimum absolute atomic E-state index is 0.144. The number of aliphatic hydroxyl groups is 1. The van der Waals surface area contributed by atoms with Crippen molar-refractivity contribution in [2.24, 2.45) is 5.41 Å². The minimum atomic E-state index is -0.688. The highest BCUT2D eigenvalue weighted by Crippen LogP contribution is 2.50. The molecule has 0 aromatic carbocycles. The smallest absolute Gasteiger partial charge is 0.225 e. The summed E-state index contributed by atoms with van der Waals surface area (Å²) in [6, 6.07) is 0. The van der Waals surface area contributed by atoms with Gasteiger partial charge in [-0.05, 0) is 50.4 Å². The molecule has 1 saturated heterocycles. The standard InChI is InChI=1S/C17H27NO3/c1-2-10-21-14-11-16(12-14)6-8-18(9-7-16)15(19)13-17(20)4-3-5-17/h2,14,20H,1,3-13H2. The predicted octanol–water partition coefficient (Wildman–Crippen LogP) is 2.27. The molecule has 1 N–H and O–H groups in total. The van der Waals surface area contributed by atoms with Crippen LogP contribution in [0.25, 0.3) is 0 Å². The van der Waals surface area contributed by atoms with Crippen molar-refractivity contribution in [1.29, 1.82) is 0 Å². The molecule has 1 heterocycles. The molecule has 4 nitrogen and oxygen atoms in total. The second-order valence-corrected chi connectivity index (χ2v) is 7.29. The molecular formula is C17H27NO3. The van der Waals surface area contributed by atoms with Crippen molar-refractivity contribution < 1.29 is 14.6 Å². The van der Waals surface area contributed by atoms with Crippen molar-refractivity contribution in [2.45, 2.75) is 63.1 Å². The van der Waals surface area contributed by atoms with Gasteiger partial charge in [-0.2, -0.15) is 0 Å². The summed E-state index contributed by atoms with van der Waals surface area (Å²) in [5.74, 6) is 0.144. The number of likely N-dealkylation sites (tertiary alicyclic amines) is 1. The van der Waals surface area contributed by atoms with E-state index in [-0.39, 0.29) is 5.91 Å². The Kier molecular flexibility index (Phi) is 4.10. The normalized spacial score (nSPS) is 27.0. The van der Waals surface area contributed by atoms with Crippen molar-refractivity contribution >= 4 is 5.91 Å². The average molecular weight is 293 g/mol. The fourth-order valence-corrected chi connectivity index (χ4v) is 4.02. The quantitative estimate of drug-likeness (QED) is 0.791. The highest BCUT2D eigenvalue weighted by molar-refractivity contribution is 5.77. The number of ether oxygens (including phenoxy) is 1. The van der Waals surface area contributed by atoms with E-state index in [1.165, 1.54) is 0 Å². The van der Waals surface area contributed by atoms with Crippen LogP contribution < -0.4 is 0 Å². The highest BCUT2D eigenvalue weighted by atomic mass is 16.5. The highest BCUT2D eigenvalue weighted by Gasteiger charge is 2.47. The summed E-state index contributed by atoms with van der Waals surface area (Å²) >= 11 is 0. The third-order valence-corrected chi connectivity index (χ3v) is 5.71. The van der Waals surface area contributed by atoms with Crippen molar-refractivity contribution in [3.8, 4) is 0 Å². The molecule has 0 unspecified atom stereocenters. The topological polar surface area (TPSA) is 49.8 Å². The van der Waals surface area contributed by atoms with Gasteiger partial charge in [-0.25, -0.2) is 0 Å². The molecule has 1 aliphatic heterocycles. The predicted molar refractivity (Wildman–Crippen MR) is 80.8 cm³/mol. The second kappa shape index (κ2) is 5.73. The zero-order chi connectivity index (χ0) is 14.9. The first-order valence-electron chi connectivity index (χ1n) is 8.27. The number of carbonyl (C=O) groups is 1. The Bertz CT molecular complexity index is 400. The molecule has 4 heteroatoms. The molecule has 0 atom stereocenters. The van der Waals surface area contributed by atoms with Gasteiger partial charge in [0.15, 0.2) is 0 Å². The molecule has 0 radical (unpaired) electrons. The third-order valence-electron chi connectivity index (χ3n) is 5.71. The van der Waals surface area contributed by atoms with Gasteiger partial charge in [-0.3, -0.25) is 4.79 Å². The largest absolute Gasteiger partial charge is 0.389 e. The number of piperidine rings is 1. The molecule has 3 aliphatic rings. The van der Waals surface area contributed by atoms with Crippen LogP contribution in [0.2, 0.25) is 0 Å². The van der Waals surface area contributed by atoms with Crippen LogP contribution in [0.3, 0.4) is 0 Å². The molecule has 1 spiro atoms. The maximum absolute atomic E-state index is 12.3. The van der Waals surface area contributed by atoms with Crippen molar-refractivity contribution in [3.63, 3.8) is 0 Å². The molecule has 21 heavy (non-hydrogen) atoms. The summed E-state index contributed by atoms with van der Waals surface area (Å²) in [5.41, 5.74) is -0.275. The van der Waals surface area contributed by atoms with E-state index in [1.807, 2.05) is 4.90 Å². The lowest BCUT2D eigenvalue weighted by Gasteiger charge is -2.52. The Hall–Kier alpha value is -0.870. The fraction of sp³-hybridized carbons (Fsp3) is 0.824. The van der Waals surface area contributed by atoms with Crippen molar-refractivity contribution in [2.75, 3.05) is 19.7 Å². The van der Waals surface area contributed by atoms with E-state index >= 15 is 0 Å². The number of nitrogens with zero attached hydrogens (tertiary/aromatic N) is 1. The molecule has 3 fully saturated rings. The number of carbonyl (C=O) groups excluding carboxylic acids is 1. The zero-order valence-electron chi connectivity index (χ0n) is 12.9. The van der Waals surface area contributed by atoms with Crippen LogP contribution >= 0.6 is 0 Å². The summed E-state index contributed by atoms with van der Waals surface area (Å²) in [6.45, 7) is 6.02. The SMILES string of the molecule is C=CCOC1CC2(CCN(C(=O)CC3(O)CCC3)CC2)C1. The van der Waals surface area contributed by atoms with Gasteiger partial charge in [0.25, 0.3) is 0 Å². The van der Waals surface area contributed by atoms with Crippen molar-refractivity contribution in [1.82, 2.24) is 4.90 Å². The monoisotopic (exact) mass is 293 g/mol. The summed E-state index contributed by atoms with van der Waals surface area (Å²) < 4.78 is 5.69. The molecule has 1 amide bonds. The van der Waals surface area contributed by atoms with Gasteiger partial charge in [0.1, 0.15) is 0 Å². The van der Waals surface area contributed by atoms with Crippen LogP contribution in [0.15, 0.2) is 12.7 Å². The molecule has 0 bridgehead atoms. The van der Waals surface area contributed by atoms with Crippen LogP contribution in [-0.4, -0.2) is 47.3 Å². The maximum atomic E-state index is 12.3. The van der Waals surface area contributed by atoms with E-state index in [4.69, 9.17) is 4.74 Å². The van der Waals surface area contributed by atoms with E-state index in [2.05, 4.69) is 6.58 Å². The van der Waals surface area contributed by atoms with Gasteiger partial charge in [-0.15, -0.1) is 6.58 Å².